The number of carboxylic acid groups (broad SMARTS) is 1. The molecule has 0 aliphatic heterocycles. The van der Waals surface area contributed by atoms with Gasteiger partial charge in [0.1, 0.15) is 12.1 Å². The molecule has 14 heteroatoms. The van der Waals surface area contributed by atoms with Crippen LogP contribution in [0.1, 0.15) is 39.2 Å². The quantitative estimate of drug-likeness (QED) is 0.166. The molecule has 1 aromatic carbocycles. The van der Waals surface area contributed by atoms with Gasteiger partial charge >= 0.3 is 23.9 Å². The lowest BCUT2D eigenvalue weighted by molar-refractivity contribution is -0.180. The number of carbonyl (C=O) groups excluding carboxylic acids is 3. The number of rotatable bonds is 12. The predicted octanol–water partition coefficient (Wildman–Crippen LogP) is 1.22. The number of nitrogens with zero attached hydrogens (tertiary/aromatic N) is 1. The highest BCUT2D eigenvalue weighted by Gasteiger charge is 2.43. The van der Waals surface area contributed by atoms with Gasteiger partial charge in [-0.15, -0.1) is 0 Å². The third-order valence-electron chi connectivity index (χ3n) is 4.46. The van der Waals surface area contributed by atoms with Gasteiger partial charge in [-0.3, -0.25) is 18.9 Å². The number of aliphatic carboxylic acids is 1. The molecule has 0 amide bonds. The zero-order valence-electron chi connectivity index (χ0n) is 20.8. The average molecular weight is 549 g/mol. The Hall–Kier alpha value is -2.49. The summed E-state index contributed by atoms with van der Waals surface area (Å²) in [5.74, 6) is -3.33. The van der Waals surface area contributed by atoms with E-state index in [0.717, 1.165) is 5.56 Å². The number of nitrogens with two attached hydrogens (primary N) is 3. The number of esters is 3. The Bertz CT molecular complexity index is 816. The first-order chi connectivity index (χ1) is 17.0. The summed E-state index contributed by atoms with van der Waals surface area (Å²) in [4.78, 5) is 45.1. The van der Waals surface area contributed by atoms with Gasteiger partial charge in [0.25, 0.3) is 0 Å². The van der Waals surface area contributed by atoms with E-state index in [1.165, 1.54) is 6.92 Å². The number of hydrogen-bond donors (Lipinski definition) is 4. The van der Waals surface area contributed by atoms with E-state index in [4.69, 9.17) is 26.7 Å². The molecule has 1 aromatic rings. The molecule has 0 aliphatic rings. The smallest absolute Gasteiger partial charge is 0.348 e. The van der Waals surface area contributed by atoms with Crippen LogP contribution >= 0.6 is 18.4 Å². The molecule has 0 aromatic heterocycles. The van der Waals surface area contributed by atoms with E-state index < -0.39 is 42.1 Å². The number of benzene rings is 1. The summed E-state index contributed by atoms with van der Waals surface area (Å²) < 4.78 is 17.6. The summed E-state index contributed by atoms with van der Waals surface area (Å²) in [6.07, 6.45) is 0.115. The Morgan fingerprint density at radius 3 is 1.89 bits per heavy atom. The molecule has 0 saturated heterocycles. The molecule has 0 fully saturated rings. The van der Waals surface area contributed by atoms with E-state index >= 15 is 0 Å². The fraction of sp³-hybridized carbons (Fsp3) is 0.545. The number of carbonyl (C=O) groups is 4. The van der Waals surface area contributed by atoms with Gasteiger partial charge in [0.05, 0.1) is 19.8 Å². The third kappa shape index (κ3) is 14.8. The molecule has 204 valence electrons. The topological polar surface area (TPSA) is 207 Å². The Kier molecular flexibility index (Phi) is 20.5. The van der Waals surface area contributed by atoms with Crippen molar-refractivity contribution in [3.8, 4) is 0 Å². The largest absolute Gasteiger partial charge is 0.478 e. The molecule has 0 spiro atoms. The summed E-state index contributed by atoms with van der Waals surface area (Å²) in [5.41, 5.74) is 15.5. The van der Waals surface area contributed by atoms with Crippen LogP contribution in [0.5, 0.6) is 0 Å². The molecule has 36 heavy (non-hydrogen) atoms. The monoisotopic (exact) mass is 548 g/mol. The van der Waals surface area contributed by atoms with Crippen LogP contribution in [0.25, 0.3) is 0 Å². The summed E-state index contributed by atoms with van der Waals surface area (Å²) in [6, 6.07) is 7.91. The van der Waals surface area contributed by atoms with Gasteiger partial charge in [-0.05, 0) is 50.7 Å². The van der Waals surface area contributed by atoms with Gasteiger partial charge in [0.15, 0.2) is 0 Å². The molecule has 0 saturated carbocycles. The van der Waals surface area contributed by atoms with E-state index in [2.05, 4.69) is 27.7 Å². The van der Waals surface area contributed by atoms with Gasteiger partial charge in [0, 0.05) is 6.42 Å². The van der Waals surface area contributed by atoms with Gasteiger partial charge < -0.3 is 36.5 Å². The van der Waals surface area contributed by atoms with E-state index in [-0.39, 0.29) is 25.4 Å². The maximum atomic E-state index is 11.4. The lowest BCUT2D eigenvalue weighted by Crippen LogP contribution is -2.50. The van der Waals surface area contributed by atoms with Gasteiger partial charge in [-0.2, -0.15) is 0 Å². The first-order valence-corrected chi connectivity index (χ1v) is 12.0. The van der Waals surface area contributed by atoms with Crippen molar-refractivity contribution < 1.29 is 38.5 Å². The van der Waals surface area contributed by atoms with Crippen LogP contribution in [-0.2, 0) is 39.8 Å². The summed E-state index contributed by atoms with van der Waals surface area (Å²) >= 11 is 0. The van der Waals surface area contributed by atoms with Crippen molar-refractivity contribution in [3.63, 3.8) is 0 Å². The van der Waals surface area contributed by atoms with Crippen LogP contribution in [0, 0.1) is 0 Å². The zero-order valence-corrected chi connectivity index (χ0v) is 23.0. The minimum absolute atomic E-state index is 0.0405. The Balaban J connectivity index is 0. The maximum Gasteiger partial charge on any atom is 0.348 e. The van der Waals surface area contributed by atoms with Crippen molar-refractivity contribution in [2.75, 3.05) is 19.8 Å². The zero-order chi connectivity index (χ0) is 28.1. The van der Waals surface area contributed by atoms with Crippen molar-refractivity contribution in [1.82, 2.24) is 0 Å². The highest BCUT2D eigenvalue weighted by Crippen LogP contribution is 2.23. The molecular formula is C22H38N4O8P2. The minimum Gasteiger partial charge on any atom is -0.478 e. The standard InChI is InChI=1S/C11H20N2O6.C11H15NO2.H3NP2/c1-3-11(10(16)17,19-8(14)6-12)5-7(13)9(15)18-4-2;1-2-14-11(13)10(12)8-9-6-4-3-5-7-9;2-1-3/h7H,3-6,12-13H2,1-2H3,(H,16,17);3-7,10H,2,8,12H2,1H3;2H,3H2/t;10-;/m.0./s1. The van der Waals surface area contributed by atoms with Crippen LogP contribution in [0.15, 0.2) is 34.8 Å². The molecule has 0 aliphatic carbocycles. The number of carboxylic acids is 1. The SMILES string of the molecule is CCOC(=O)C(N)CC(CC)(OC(=O)CN)C(=O)O.CCOC(=O)[C@@H](N)Cc1ccccc1.P=NP. The molecule has 0 radical (unpaired) electrons. The highest BCUT2D eigenvalue weighted by molar-refractivity contribution is 7.23. The Morgan fingerprint density at radius 2 is 1.50 bits per heavy atom. The predicted molar refractivity (Wildman–Crippen MR) is 140 cm³/mol. The lowest BCUT2D eigenvalue weighted by Gasteiger charge is -2.29. The summed E-state index contributed by atoms with van der Waals surface area (Å²) in [5, 5.41) is 9.20. The van der Waals surface area contributed by atoms with E-state index in [1.807, 2.05) is 30.3 Å². The van der Waals surface area contributed by atoms with Crippen LogP contribution < -0.4 is 17.2 Å². The molecule has 7 N–H and O–H groups in total. The lowest BCUT2D eigenvalue weighted by atomic mass is 9.92. The van der Waals surface area contributed by atoms with E-state index in [0.29, 0.717) is 13.0 Å². The van der Waals surface area contributed by atoms with Crippen LogP contribution in [0.2, 0.25) is 0 Å². The summed E-state index contributed by atoms with van der Waals surface area (Å²) in [6.45, 7) is 4.93. The highest BCUT2D eigenvalue weighted by atomic mass is 31.1. The Labute approximate surface area is 216 Å². The van der Waals surface area contributed by atoms with Crippen molar-refractivity contribution in [2.45, 2.75) is 57.7 Å². The molecule has 0 bridgehead atoms. The van der Waals surface area contributed by atoms with Gasteiger partial charge in [0.2, 0.25) is 5.60 Å². The maximum absolute atomic E-state index is 11.4. The Morgan fingerprint density at radius 1 is 1.03 bits per heavy atom. The first-order valence-electron chi connectivity index (χ1n) is 11.1. The van der Waals surface area contributed by atoms with Crippen molar-refractivity contribution in [1.29, 1.82) is 0 Å². The fourth-order valence-electron chi connectivity index (χ4n) is 2.69. The van der Waals surface area contributed by atoms with E-state index in [9.17, 15) is 24.3 Å². The van der Waals surface area contributed by atoms with Crippen LogP contribution in [0.4, 0.5) is 0 Å². The van der Waals surface area contributed by atoms with Crippen LogP contribution in [-0.4, -0.2) is 66.4 Å². The molecule has 4 atom stereocenters. The third-order valence-corrected chi connectivity index (χ3v) is 4.46. The van der Waals surface area contributed by atoms with Crippen LogP contribution in [0.3, 0.4) is 0 Å². The normalized spacial score (nSPS) is 13.1. The average Bonchev–Trinajstić information content (AvgIpc) is 2.85. The molecular weight excluding hydrogens is 510 g/mol. The number of hydrogen-bond acceptors (Lipinski definition) is 11. The van der Waals surface area contributed by atoms with Gasteiger partial charge in [-0.1, -0.05) is 37.3 Å². The number of ether oxygens (including phenoxy) is 3. The second-order valence-electron chi connectivity index (χ2n) is 7.07. The fourth-order valence-corrected chi connectivity index (χ4v) is 2.69. The van der Waals surface area contributed by atoms with Crippen molar-refractivity contribution in [2.24, 2.45) is 21.7 Å². The molecule has 3 unspecified atom stereocenters. The van der Waals surface area contributed by atoms with Crippen molar-refractivity contribution >= 4 is 42.3 Å². The molecule has 0 heterocycles. The molecule has 1 rings (SSSR count). The molecule has 12 nitrogen and oxygen atoms in total. The minimum atomic E-state index is -1.87. The second-order valence-corrected chi connectivity index (χ2v) is 8.10. The first kappa shape index (κ1) is 35.7. The van der Waals surface area contributed by atoms with Crippen molar-refractivity contribution in [3.05, 3.63) is 35.9 Å². The summed E-state index contributed by atoms with van der Waals surface area (Å²) in [7, 11) is 4.89. The van der Waals surface area contributed by atoms with Gasteiger partial charge in [-0.25, -0.2) is 4.79 Å². The van der Waals surface area contributed by atoms with E-state index in [1.54, 1.807) is 13.8 Å². The second kappa shape index (κ2) is 20.7.